The predicted molar refractivity (Wildman–Crippen MR) is 163 cm³/mol. The van der Waals surface area contributed by atoms with E-state index in [2.05, 4.69) is 49.6 Å². The molecule has 1 aromatic carbocycles. The fraction of sp³-hybridized carbons (Fsp3) is 0.750. The summed E-state index contributed by atoms with van der Waals surface area (Å²) in [5.74, 6) is 0.897. The summed E-state index contributed by atoms with van der Waals surface area (Å²) in [6.45, 7) is 11.8. The quantitative estimate of drug-likeness (QED) is 0.122. The Morgan fingerprint density at radius 3 is 1.95 bits per heavy atom. The van der Waals surface area contributed by atoms with E-state index in [1.165, 1.54) is 89.0 Å². The highest BCUT2D eigenvalue weighted by Gasteiger charge is 2.27. The largest absolute Gasteiger partial charge is 0.493 e. The lowest BCUT2D eigenvalue weighted by Crippen LogP contribution is -2.45. The number of hydrogen-bond donors (Lipinski definition) is 2. The van der Waals surface area contributed by atoms with Gasteiger partial charge in [-0.05, 0) is 62.5 Å². The Bertz CT molecular complexity index is 763. The number of carbonyl (C=O) groups excluding carboxylic acids is 1. The lowest BCUT2D eigenvalue weighted by molar-refractivity contribution is -0.128. The Kier molecular flexibility index (Phi) is 18.4. The fourth-order valence-corrected chi connectivity index (χ4v) is 4.71. The van der Waals surface area contributed by atoms with Gasteiger partial charge in [0.15, 0.2) is 5.11 Å². The molecule has 0 aliphatic rings. The summed E-state index contributed by atoms with van der Waals surface area (Å²) < 4.78 is 5.94. The van der Waals surface area contributed by atoms with Crippen LogP contribution in [-0.4, -0.2) is 24.2 Å². The van der Waals surface area contributed by atoms with Gasteiger partial charge in [0.25, 0.3) is 0 Å². The van der Waals surface area contributed by atoms with Crippen LogP contribution < -0.4 is 15.4 Å². The van der Waals surface area contributed by atoms with Gasteiger partial charge in [0.1, 0.15) is 5.75 Å². The van der Waals surface area contributed by atoms with Gasteiger partial charge in [-0.3, -0.25) is 4.79 Å². The summed E-state index contributed by atoms with van der Waals surface area (Å²) in [6.07, 6.45) is 20.5. The monoisotopic (exact) mass is 532 g/mol. The van der Waals surface area contributed by atoms with Gasteiger partial charge in [0.05, 0.1) is 6.61 Å². The molecule has 0 aliphatic carbocycles. The highest BCUT2D eigenvalue weighted by Crippen LogP contribution is 2.24. The Morgan fingerprint density at radius 2 is 1.38 bits per heavy atom. The van der Waals surface area contributed by atoms with Crippen LogP contribution in [0.2, 0.25) is 0 Å². The summed E-state index contributed by atoms with van der Waals surface area (Å²) >= 11 is 5.36. The van der Waals surface area contributed by atoms with Crippen molar-refractivity contribution in [2.45, 2.75) is 137 Å². The van der Waals surface area contributed by atoms with Gasteiger partial charge in [-0.15, -0.1) is 0 Å². The standard InChI is InChI=1S/C32H56N2O2S/c1-6-7-8-9-10-11-12-13-14-15-16-17-18-19-24-33-31(37)34-30(35)32(4,5)23-20-25-36-29-26-27(2)21-22-28(29)3/h21-22,26H,6-20,23-25H2,1-5H3,(H2,33,34,35,37). The number of benzene rings is 1. The van der Waals surface area contributed by atoms with Crippen LogP contribution in [0.1, 0.15) is 135 Å². The highest BCUT2D eigenvalue weighted by molar-refractivity contribution is 7.80. The number of rotatable bonds is 21. The second kappa shape index (κ2) is 20.4. The zero-order valence-corrected chi connectivity index (χ0v) is 25.5. The molecular formula is C32H56N2O2S. The van der Waals surface area contributed by atoms with Crippen molar-refractivity contribution in [2.75, 3.05) is 13.2 Å². The van der Waals surface area contributed by atoms with E-state index in [0.717, 1.165) is 37.1 Å². The second-order valence-electron chi connectivity index (χ2n) is 11.4. The first-order chi connectivity index (χ1) is 17.8. The molecule has 0 fully saturated rings. The maximum atomic E-state index is 12.7. The highest BCUT2D eigenvalue weighted by atomic mass is 32.1. The first-order valence-corrected chi connectivity index (χ1v) is 15.5. The molecule has 2 N–H and O–H groups in total. The molecule has 0 spiro atoms. The maximum absolute atomic E-state index is 12.7. The van der Waals surface area contributed by atoms with Crippen LogP contribution in [-0.2, 0) is 4.79 Å². The van der Waals surface area contributed by atoms with Gasteiger partial charge in [0, 0.05) is 12.0 Å². The SMILES string of the molecule is CCCCCCCCCCCCCCCCNC(=S)NC(=O)C(C)(C)CCCOc1cc(C)ccc1C. The molecule has 1 amide bonds. The topological polar surface area (TPSA) is 50.4 Å². The maximum Gasteiger partial charge on any atom is 0.231 e. The van der Waals surface area contributed by atoms with Crippen molar-refractivity contribution in [2.24, 2.45) is 5.41 Å². The van der Waals surface area contributed by atoms with Crippen molar-refractivity contribution < 1.29 is 9.53 Å². The third kappa shape index (κ3) is 16.8. The average Bonchev–Trinajstić information content (AvgIpc) is 2.86. The lowest BCUT2D eigenvalue weighted by atomic mass is 9.87. The van der Waals surface area contributed by atoms with Crippen LogP contribution in [0.3, 0.4) is 0 Å². The Morgan fingerprint density at radius 1 is 0.838 bits per heavy atom. The van der Waals surface area contributed by atoms with Crippen LogP contribution in [0, 0.1) is 19.3 Å². The normalized spacial score (nSPS) is 11.4. The van der Waals surface area contributed by atoms with Crippen LogP contribution in [0.5, 0.6) is 5.75 Å². The van der Waals surface area contributed by atoms with E-state index in [1.54, 1.807) is 0 Å². The molecule has 0 bridgehead atoms. The number of unbranched alkanes of at least 4 members (excludes halogenated alkanes) is 13. The van der Waals surface area contributed by atoms with Crippen LogP contribution in [0.4, 0.5) is 0 Å². The molecule has 0 heterocycles. The van der Waals surface area contributed by atoms with E-state index in [1.807, 2.05) is 13.8 Å². The molecule has 0 saturated heterocycles. The summed E-state index contributed by atoms with van der Waals surface area (Å²) in [6, 6.07) is 6.23. The fourth-order valence-electron chi connectivity index (χ4n) is 4.51. The molecule has 1 aromatic rings. The minimum atomic E-state index is -0.494. The van der Waals surface area contributed by atoms with Crippen LogP contribution in [0.25, 0.3) is 0 Å². The molecule has 37 heavy (non-hydrogen) atoms. The molecule has 4 nitrogen and oxygen atoms in total. The summed E-state index contributed by atoms with van der Waals surface area (Å²) in [4.78, 5) is 12.7. The molecule has 0 atom stereocenters. The average molecular weight is 533 g/mol. The van der Waals surface area contributed by atoms with Gasteiger partial charge in [-0.1, -0.05) is 116 Å². The number of thiocarbonyl (C=S) groups is 1. The molecular weight excluding hydrogens is 476 g/mol. The van der Waals surface area contributed by atoms with Gasteiger partial charge in [-0.25, -0.2) is 0 Å². The third-order valence-electron chi connectivity index (χ3n) is 7.20. The first kappa shape index (κ1) is 33.4. The Labute approximate surface area is 234 Å². The van der Waals surface area contributed by atoms with E-state index in [-0.39, 0.29) is 5.91 Å². The molecule has 0 unspecified atom stereocenters. The molecule has 1 rings (SSSR count). The van der Waals surface area contributed by atoms with Crippen LogP contribution >= 0.6 is 12.2 Å². The summed E-state index contributed by atoms with van der Waals surface area (Å²) in [5, 5.41) is 6.53. The minimum absolute atomic E-state index is 0.0299. The molecule has 0 aliphatic heterocycles. The summed E-state index contributed by atoms with van der Waals surface area (Å²) in [7, 11) is 0. The zero-order valence-electron chi connectivity index (χ0n) is 24.7. The van der Waals surface area contributed by atoms with Crippen LogP contribution in [0.15, 0.2) is 18.2 Å². The molecule has 0 aromatic heterocycles. The predicted octanol–water partition coefficient (Wildman–Crippen LogP) is 8.96. The third-order valence-corrected chi connectivity index (χ3v) is 7.45. The molecule has 0 radical (unpaired) electrons. The number of amides is 1. The molecule has 0 saturated carbocycles. The van der Waals surface area contributed by atoms with Crippen molar-refractivity contribution in [1.82, 2.24) is 10.6 Å². The Hall–Kier alpha value is -1.62. The van der Waals surface area contributed by atoms with Crippen molar-refractivity contribution in [3.63, 3.8) is 0 Å². The lowest BCUT2D eigenvalue weighted by Gasteiger charge is -2.24. The van der Waals surface area contributed by atoms with E-state index < -0.39 is 5.41 Å². The van der Waals surface area contributed by atoms with Crippen molar-refractivity contribution in [3.8, 4) is 5.75 Å². The smallest absolute Gasteiger partial charge is 0.231 e. The van der Waals surface area contributed by atoms with Gasteiger partial charge >= 0.3 is 0 Å². The minimum Gasteiger partial charge on any atom is -0.493 e. The second-order valence-corrected chi connectivity index (χ2v) is 11.8. The number of aryl methyl sites for hydroxylation is 2. The number of ether oxygens (including phenoxy) is 1. The number of nitrogens with one attached hydrogen (secondary N) is 2. The molecule has 5 heteroatoms. The van der Waals surface area contributed by atoms with Gasteiger partial charge in [-0.2, -0.15) is 0 Å². The van der Waals surface area contributed by atoms with Gasteiger partial charge in [0.2, 0.25) is 5.91 Å². The van der Waals surface area contributed by atoms with E-state index in [4.69, 9.17) is 17.0 Å². The first-order valence-electron chi connectivity index (χ1n) is 15.1. The van der Waals surface area contributed by atoms with E-state index in [0.29, 0.717) is 11.7 Å². The zero-order chi connectivity index (χ0) is 27.4. The van der Waals surface area contributed by atoms with Crippen molar-refractivity contribution in [3.05, 3.63) is 29.3 Å². The van der Waals surface area contributed by atoms with Gasteiger partial charge < -0.3 is 15.4 Å². The van der Waals surface area contributed by atoms with Crippen molar-refractivity contribution in [1.29, 1.82) is 0 Å². The Balaban J connectivity index is 2.02. The van der Waals surface area contributed by atoms with E-state index >= 15 is 0 Å². The number of carbonyl (C=O) groups is 1. The number of hydrogen-bond acceptors (Lipinski definition) is 3. The molecule has 212 valence electrons. The van der Waals surface area contributed by atoms with Crippen molar-refractivity contribution >= 4 is 23.2 Å². The summed E-state index contributed by atoms with van der Waals surface area (Å²) in [5.41, 5.74) is 1.83. The van der Waals surface area contributed by atoms with E-state index in [9.17, 15) is 4.79 Å².